The van der Waals surface area contributed by atoms with Gasteiger partial charge in [-0.15, -0.1) is 16.8 Å². The molecule has 1 aromatic heterocycles. The Kier molecular flexibility index (Phi) is 5.79. The Morgan fingerprint density at radius 1 is 1.45 bits per heavy atom. The Labute approximate surface area is 142 Å². The van der Waals surface area contributed by atoms with Crippen LogP contribution in [0.2, 0.25) is 0 Å². The molecule has 1 N–H and O–H groups in total. The van der Waals surface area contributed by atoms with Crippen LogP contribution in [0, 0.1) is 13.8 Å². The summed E-state index contributed by atoms with van der Waals surface area (Å²) in [6.07, 6.45) is 1.78. The molecular weight excluding hydrogens is 364 g/mol. The predicted molar refractivity (Wildman–Crippen MR) is 93.2 cm³/mol. The molecule has 0 spiro atoms. The molecule has 1 heterocycles. The van der Waals surface area contributed by atoms with E-state index in [1.54, 1.807) is 6.08 Å². The maximum atomic E-state index is 12.1. The van der Waals surface area contributed by atoms with Crippen LogP contribution in [-0.2, 0) is 11.3 Å². The van der Waals surface area contributed by atoms with Crippen molar-refractivity contribution in [2.45, 2.75) is 25.5 Å². The molecule has 1 aromatic carbocycles. The lowest BCUT2D eigenvalue weighted by atomic mass is 10.2. The van der Waals surface area contributed by atoms with Gasteiger partial charge in [-0.2, -0.15) is 0 Å². The number of hydrogen-bond donors (Lipinski definition) is 1. The lowest BCUT2D eigenvalue weighted by molar-refractivity contribution is -0.113. The van der Waals surface area contributed by atoms with Crippen LogP contribution in [-0.4, -0.2) is 26.4 Å². The van der Waals surface area contributed by atoms with Crippen molar-refractivity contribution in [3.8, 4) is 0 Å². The van der Waals surface area contributed by atoms with Crippen LogP contribution in [0.15, 0.2) is 40.5 Å². The Hall–Kier alpha value is -1.60. The second-order valence-electron chi connectivity index (χ2n) is 4.73. The first-order chi connectivity index (χ1) is 10.5. The van der Waals surface area contributed by atoms with Crippen LogP contribution in [0.4, 0.5) is 5.69 Å². The van der Waals surface area contributed by atoms with E-state index in [2.05, 4.69) is 38.0 Å². The fourth-order valence-electron chi connectivity index (χ4n) is 1.89. The Bertz CT molecular complexity index is 699. The van der Waals surface area contributed by atoms with Crippen LogP contribution in [0.3, 0.4) is 0 Å². The number of carbonyl (C=O) groups excluding carboxylic acids is 1. The molecule has 0 saturated carbocycles. The van der Waals surface area contributed by atoms with Gasteiger partial charge in [0.25, 0.3) is 0 Å². The van der Waals surface area contributed by atoms with Crippen molar-refractivity contribution in [3.63, 3.8) is 0 Å². The SMILES string of the molecule is C=CCn1c(C)nnc1SCC(=O)Nc1ccc(Br)cc1C. The van der Waals surface area contributed by atoms with Gasteiger partial charge >= 0.3 is 0 Å². The summed E-state index contributed by atoms with van der Waals surface area (Å²) in [6, 6.07) is 5.75. The minimum absolute atomic E-state index is 0.0683. The molecule has 0 bridgehead atoms. The standard InChI is InChI=1S/C15H17BrN4OS/c1-4-7-20-11(3)18-19-15(20)22-9-14(21)17-13-6-5-12(16)8-10(13)2/h4-6,8H,1,7,9H2,2-3H3,(H,17,21). The van der Waals surface area contributed by atoms with Gasteiger partial charge in [-0.25, -0.2) is 0 Å². The van der Waals surface area contributed by atoms with Gasteiger partial charge in [-0.1, -0.05) is 33.8 Å². The number of carbonyl (C=O) groups is 1. The molecule has 0 aliphatic heterocycles. The normalized spacial score (nSPS) is 10.5. The van der Waals surface area contributed by atoms with Crippen LogP contribution < -0.4 is 5.32 Å². The maximum absolute atomic E-state index is 12.1. The quantitative estimate of drug-likeness (QED) is 0.614. The van der Waals surface area contributed by atoms with E-state index in [1.807, 2.05) is 36.6 Å². The van der Waals surface area contributed by atoms with E-state index in [-0.39, 0.29) is 11.7 Å². The number of amides is 1. The first kappa shape index (κ1) is 16.8. The molecule has 2 aromatic rings. The predicted octanol–water partition coefficient (Wildman–Crippen LogP) is 3.57. The average Bonchev–Trinajstić information content (AvgIpc) is 2.81. The van der Waals surface area contributed by atoms with E-state index >= 15 is 0 Å². The van der Waals surface area contributed by atoms with E-state index < -0.39 is 0 Å². The average molecular weight is 381 g/mol. The highest BCUT2D eigenvalue weighted by Crippen LogP contribution is 2.21. The molecule has 2 rings (SSSR count). The van der Waals surface area contributed by atoms with Crippen LogP contribution >= 0.6 is 27.7 Å². The highest BCUT2D eigenvalue weighted by molar-refractivity contribution is 9.10. The number of nitrogens with zero attached hydrogens (tertiary/aromatic N) is 3. The van der Waals surface area contributed by atoms with E-state index in [0.717, 1.165) is 26.7 Å². The molecule has 116 valence electrons. The number of aromatic nitrogens is 3. The zero-order valence-electron chi connectivity index (χ0n) is 12.5. The van der Waals surface area contributed by atoms with Gasteiger partial charge in [0, 0.05) is 16.7 Å². The minimum Gasteiger partial charge on any atom is -0.325 e. The second kappa shape index (κ2) is 7.60. The van der Waals surface area contributed by atoms with Gasteiger partial charge in [-0.3, -0.25) is 4.79 Å². The van der Waals surface area contributed by atoms with Crippen LogP contribution in [0.1, 0.15) is 11.4 Å². The lowest BCUT2D eigenvalue weighted by Crippen LogP contribution is -2.15. The number of thioether (sulfide) groups is 1. The van der Waals surface area contributed by atoms with Gasteiger partial charge in [0.05, 0.1) is 5.75 Å². The number of allylic oxidation sites excluding steroid dienone is 1. The van der Waals surface area contributed by atoms with E-state index in [4.69, 9.17) is 0 Å². The summed E-state index contributed by atoms with van der Waals surface area (Å²) in [5, 5.41) is 11.7. The minimum atomic E-state index is -0.0683. The third kappa shape index (κ3) is 4.20. The Morgan fingerprint density at radius 2 is 2.23 bits per heavy atom. The number of nitrogens with one attached hydrogen (secondary N) is 1. The monoisotopic (exact) mass is 380 g/mol. The molecular formula is C15H17BrN4OS. The maximum Gasteiger partial charge on any atom is 0.234 e. The van der Waals surface area contributed by atoms with Crippen LogP contribution in [0.25, 0.3) is 0 Å². The summed E-state index contributed by atoms with van der Waals surface area (Å²) in [5.74, 6) is 1.03. The molecule has 0 fully saturated rings. The van der Waals surface area contributed by atoms with Crippen molar-refractivity contribution >= 4 is 39.3 Å². The molecule has 0 aliphatic carbocycles. The Morgan fingerprint density at radius 3 is 2.91 bits per heavy atom. The molecule has 1 amide bonds. The highest BCUT2D eigenvalue weighted by Gasteiger charge is 2.11. The molecule has 0 radical (unpaired) electrons. The number of aryl methyl sites for hydroxylation is 2. The number of rotatable bonds is 6. The van der Waals surface area contributed by atoms with Gasteiger partial charge in [0.2, 0.25) is 5.91 Å². The summed E-state index contributed by atoms with van der Waals surface area (Å²) in [5.41, 5.74) is 1.83. The number of hydrogen-bond acceptors (Lipinski definition) is 4. The van der Waals surface area contributed by atoms with E-state index in [1.165, 1.54) is 11.8 Å². The van der Waals surface area contributed by atoms with Crippen LogP contribution in [0.5, 0.6) is 0 Å². The van der Waals surface area contributed by atoms with Crippen molar-refractivity contribution in [2.24, 2.45) is 0 Å². The molecule has 7 heteroatoms. The third-order valence-corrected chi connectivity index (χ3v) is 4.47. The first-order valence-corrected chi connectivity index (χ1v) is 8.48. The fraction of sp³-hybridized carbons (Fsp3) is 0.267. The number of benzene rings is 1. The largest absolute Gasteiger partial charge is 0.325 e. The third-order valence-electron chi connectivity index (χ3n) is 3.01. The van der Waals surface area contributed by atoms with Gasteiger partial charge < -0.3 is 9.88 Å². The molecule has 0 aliphatic rings. The van der Waals surface area contributed by atoms with Gasteiger partial charge in [0.15, 0.2) is 5.16 Å². The first-order valence-electron chi connectivity index (χ1n) is 6.70. The molecule has 0 unspecified atom stereocenters. The molecule has 0 saturated heterocycles. The highest BCUT2D eigenvalue weighted by atomic mass is 79.9. The summed E-state index contributed by atoms with van der Waals surface area (Å²) < 4.78 is 2.92. The van der Waals surface area contributed by atoms with Crippen molar-refractivity contribution in [2.75, 3.05) is 11.1 Å². The van der Waals surface area contributed by atoms with Crippen molar-refractivity contribution < 1.29 is 4.79 Å². The zero-order valence-corrected chi connectivity index (χ0v) is 14.9. The molecule has 22 heavy (non-hydrogen) atoms. The van der Waals surface area contributed by atoms with E-state index in [9.17, 15) is 4.79 Å². The number of anilines is 1. The van der Waals surface area contributed by atoms with Crippen molar-refractivity contribution in [1.82, 2.24) is 14.8 Å². The number of halogens is 1. The molecule has 0 atom stereocenters. The topological polar surface area (TPSA) is 59.8 Å². The Balaban J connectivity index is 1.97. The van der Waals surface area contributed by atoms with Crippen molar-refractivity contribution in [1.29, 1.82) is 0 Å². The van der Waals surface area contributed by atoms with Crippen molar-refractivity contribution in [3.05, 3.63) is 46.7 Å². The summed E-state index contributed by atoms with van der Waals surface area (Å²) in [7, 11) is 0. The zero-order chi connectivity index (χ0) is 16.1. The summed E-state index contributed by atoms with van der Waals surface area (Å²) in [4.78, 5) is 12.1. The smallest absolute Gasteiger partial charge is 0.234 e. The van der Waals surface area contributed by atoms with Gasteiger partial charge in [-0.05, 0) is 37.6 Å². The van der Waals surface area contributed by atoms with Gasteiger partial charge in [0.1, 0.15) is 5.82 Å². The molecule has 5 nitrogen and oxygen atoms in total. The van der Waals surface area contributed by atoms with E-state index in [0.29, 0.717) is 6.54 Å². The summed E-state index contributed by atoms with van der Waals surface area (Å²) >= 11 is 4.77. The second-order valence-corrected chi connectivity index (χ2v) is 6.58. The lowest BCUT2D eigenvalue weighted by Gasteiger charge is -2.09. The fourth-order valence-corrected chi connectivity index (χ4v) is 3.16. The summed E-state index contributed by atoms with van der Waals surface area (Å²) in [6.45, 7) is 8.19.